The molecule has 1 aromatic heterocycles. The van der Waals surface area contributed by atoms with Crippen molar-refractivity contribution >= 4 is 5.91 Å². The molecular weight excluding hydrogens is 292 g/mol. The quantitative estimate of drug-likeness (QED) is 0.885. The van der Waals surface area contributed by atoms with Crippen LogP contribution in [0.5, 0.6) is 0 Å². The minimum absolute atomic E-state index is 0.00793. The van der Waals surface area contributed by atoms with Crippen molar-refractivity contribution in [3.8, 4) is 0 Å². The summed E-state index contributed by atoms with van der Waals surface area (Å²) < 4.78 is 29.4. The molecule has 1 aromatic rings. The van der Waals surface area contributed by atoms with Crippen LogP contribution in [-0.4, -0.2) is 47.0 Å². The zero-order chi connectivity index (χ0) is 16.2. The summed E-state index contributed by atoms with van der Waals surface area (Å²) in [5, 5.41) is 2.41. The molecule has 1 N–H and O–H groups in total. The van der Waals surface area contributed by atoms with E-state index in [4.69, 9.17) is 0 Å². The van der Waals surface area contributed by atoms with Crippen LogP contribution in [0.15, 0.2) is 29.2 Å². The van der Waals surface area contributed by atoms with Gasteiger partial charge < -0.3 is 9.88 Å². The average Bonchev–Trinajstić information content (AvgIpc) is 2.48. The molecule has 0 radical (unpaired) electrons. The molecule has 0 bridgehead atoms. The summed E-state index contributed by atoms with van der Waals surface area (Å²) in [6, 6.07) is 3.57. The summed E-state index contributed by atoms with van der Waals surface area (Å²) in [6.45, 7) is 2.83. The molecule has 1 amide bonds. The highest BCUT2D eigenvalue weighted by molar-refractivity contribution is 5.76. The number of aromatic nitrogens is 1. The number of halogens is 2. The third-order valence-electron chi connectivity index (χ3n) is 3.94. The molecule has 1 fully saturated rings. The average molecular weight is 313 g/mol. The monoisotopic (exact) mass is 313 g/mol. The SMILES string of the molecule is CCN1CCC(NC(=O)CCn2ccccc2=O)C(F)(F)C1. The fourth-order valence-corrected chi connectivity index (χ4v) is 2.59. The van der Waals surface area contributed by atoms with Gasteiger partial charge in [0.25, 0.3) is 11.5 Å². The molecule has 2 rings (SSSR count). The Balaban J connectivity index is 1.87. The second-order valence-corrected chi connectivity index (χ2v) is 5.52. The van der Waals surface area contributed by atoms with Crippen molar-refractivity contribution in [1.29, 1.82) is 0 Å². The number of hydrogen-bond donors (Lipinski definition) is 1. The van der Waals surface area contributed by atoms with Crippen LogP contribution < -0.4 is 10.9 Å². The fourth-order valence-electron chi connectivity index (χ4n) is 2.59. The summed E-state index contributed by atoms with van der Waals surface area (Å²) >= 11 is 0. The Hall–Kier alpha value is -1.76. The minimum atomic E-state index is -2.92. The Morgan fingerprint density at radius 2 is 2.23 bits per heavy atom. The summed E-state index contributed by atoms with van der Waals surface area (Å²) in [5.41, 5.74) is -0.211. The van der Waals surface area contributed by atoms with Gasteiger partial charge in [0.15, 0.2) is 0 Å². The number of alkyl halides is 2. The molecule has 0 saturated carbocycles. The Labute approximate surface area is 127 Å². The molecule has 2 heterocycles. The van der Waals surface area contributed by atoms with E-state index in [0.29, 0.717) is 13.1 Å². The maximum atomic E-state index is 14.0. The van der Waals surface area contributed by atoms with E-state index in [1.165, 1.54) is 10.6 Å². The lowest BCUT2D eigenvalue weighted by atomic mass is 10.0. The third kappa shape index (κ3) is 4.13. The lowest BCUT2D eigenvalue weighted by Gasteiger charge is -2.38. The van der Waals surface area contributed by atoms with Gasteiger partial charge in [-0.25, -0.2) is 8.78 Å². The van der Waals surface area contributed by atoms with Crippen molar-refractivity contribution in [2.45, 2.75) is 38.3 Å². The number of pyridine rings is 1. The van der Waals surface area contributed by atoms with Crippen molar-refractivity contribution in [2.24, 2.45) is 0 Å². The number of carbonyl (C=O) groups excluding carboxylic acids is 1. The van der Waals surface area contributed by atoms with Crippen LogP contribution in [-0.2, 0) is 11.3 Å². The second kappa shape index (κ2) is 7.00. The highest BCUT2D eigenvalue weighted by Gasteiger charge is 2.44. The van der Waals surface area contributed by atoms with Gasteiger partial charge in [-0.05, 0) is 19.0 Å². The summed E-state index contributed by atoms with van der Waals surface area (Å²) in [7, 11) is 0. The van der Waals surface area contributed by atoms with E-state index in [1.54, 1.807) is 23.2 Å². The number of carbonyl (C=O) groups is 1. The first-order valence-corrected chi connectivity index (χ1v) is 7.47. The Morgan fingerprint density at radius 1 is 1.45 bits per heavy atom. The Kier molecular flexibility index (Phi) is 5.28. The van der Waals surface area contributed by atoms with Gasteiger partial charge >= 0.3 is 0 Å². The lowest BCUT2D eigenvalue weighted by Crippen LogP contribution is -2.58. The maximum Gasteiger partial charge on any atom is 0.280 e. The topological polar surface area (TPSA) is 54.3 Å². The zero-order valence-corrected chi connectivity index (χ0v) is 12.6. The van der Waals surface area contributed by atoms with Crippen LogP contribution in [0, 0.1) is 0 Å². The number of nitrogens with zero attached hydrogens (tertiary/aromatic N) is 2. The van der Waals surface area contributed by atoms with Gasteiger partial charge in [-0.2, -0.15) is 0 Å². The lowest BCUT2D eigenvalue weighted by molar-refractivity contribution is -0.130. The second-order valence-electron chi connectivity index (χ2n) is 5.52. The number of amides is 1. The predicted molar refractivity (Wildman–Crippen MR) is 78.9 cm³/mol. The molecule has 0 aliphatic carbocycles. The molecule has 1 atom stereocenters. The Morgan fingerprint density at radius 3 is 2.86 bits per heavy atom. The summed E-state index contributed by atoms with van der Waals surface area (Å²) in [5.74, 6) is -3.38. The van der Waals surface area contributed by atoms with E-state index < -0.39 is 17.9 Å². The highest BCUT2D eigenvalue weighted by atomic mass is 19.3. The maximum absolute atomic E-state index is 14.0. The zero-order valence-electron chi connectivity index (χ0n) is 12.6. The predicted octanol–water partition coefficient (Wildman–Crippen LogP) is 1.08. The number of hydrogen-bond acceptors (Lipinski definition) is 3. The van der Waals surface area contributed by atoms with E-state index in [-0.39, 0.29) is 31.5 Å². The van der Waals surface area contributed by atoms with Gasteiger partial charge in [0.2, 0.25) is 5.91 Å². The van der Waals surface area contributed by atoms with E-state index in [0.717, 1.165) is 0 Å². The van der Waals surface area contributed by atoms with Crippen LogP contribution in [0.3, 0.4) is 0 Å². The minimum Gasteiger partial charge on any atom is -0.347 e. The van der Waals surface area contributed by atoms with E-state index >= 15 is 0 Å². The summed E-state index contributed by atoms with van der Waals surface area (Å²) in [6.07, 6.45) is 1.82. The Bertz CT molecular complexity index is 574. The van der Waals surface area contributed by atoms with Crippen LogP contribution >= 0.6 is 0 Å². The van der Waals surface area contributed by atoms with Gasteiger partial charge in [-0.1, -0.05) is 13.0 Å². The number of aryl methyl sites for hydroxylation is 1. The van der Waals surface area contributed by atoms with E-state index in [9.17, 15) is 18.4 Å². The highest BCUT2D eigenvalue weighted by Crippen LogP contribution is 2.27. The molecule has 0 spiro atoms. The van der Waals surface area contributed by atoms with Crippen molar-refractivity contribution < 1.29 is 13.6 Å². The van der Waals surface area contributed by atoms with Crippen LogP contribution in [0.25, 0.3) is 0 Å². The molecule has 7 heteroatoms. The van der Waals surface area contributed by atoms with Gasteiger partial charge in [0, 0.05) is 31.8 Å². The van der Waals surface area contributed by atoms with Gasteiger partial charge in [-0.15, -0.1) is 0 Å². The molecule has 1 aliphatic rings. The molecule has 22 heavy (non-hydrogen) atoms. The van der Waals surface area contributed by atoms with Gasteiger partial charge in [-0.3, -0.25) is 14.5 Å². The number of rotatable bonds is 5. The first-order valence-electron chi connectivity index (χ1n) is 7.47. The van der Waals surface area contributed by atoms with Gasteiger partial charge in [0.1, 0.15) is 0 Å². The van der Waals surface area contributed by atoms with Gasteiger partial charge in [0.05, 0.1) is 12.6 Å². The molecule has 1 aliphatic heterocycles. The normalized spacial score (nSPS) is 21.5. The molecule has 1 unspecified atom stereocenters. The molecule has 122 valence electrons. The third-order valence-corrected chi connectivity index (χ3v) is 3.94. The van der Waals surface area contributed by atoms with Crippen LogP contribution in [0.1, 0.15) is 19.8 Å². The smallest absolute Gasteiger partial charge is 0.280 e. The van der Waals surface area contributed by atoms with Crippen molar-refractivity contribution in [3.63, 3.8) is 0 Å². The van der Waals surface area contributed by atoms with E-state index in [2.05, 4.69) is 5.32 Å². The largest absolute Gasteiger partial charge is 0.347 e. The van der Waals surface area contributed by atoms with Crippen molar-refractivity contribution in [2.75, 3.05) is 19.6 Å². The molecular formula is C15H21F2N3O2. The van der Waals surface area contributed by atoms with Crippen molar-refractivity contribution in [3.05, 3.63) is 34.7 Å². The molecule has 1 saturated heterocycles. The standard InChI is InChI=1S/C15H21F2N3O2/c1-2-19-9-6-12(15(16,17)11-19)18-13(21)7-10-20-8-4-3-5-14(20)22/h3-5,8,12H,2,6-7,9-11H2,1H3,(H,18,21). The molecule has 0 aromatic carbocycles. The fraction of sp³-hybridized carbons (Fsp3) is 0.600. The summed E-state index contributed by atoms with van der Waals surface area (Å²) in [4.78, 5) is 25.0. The van der Waals surface area contributed by atoms with Crippen LogP contribution in [0.2, 0.25) is 0 Å². The first kappa shape index (κ1) is 16.6. The van der Waals surface area contributed by atoms with Crippen LogP contribution in [0.4, 0.5) is 8.78 Å². The number of likely N-dealkylation sites (tertiary alicyclic amines) is 1. The first-order chi connectivity index (χ1) is 10.4. The number of piperidine rings is 1. The van der Waals surface area contributed by atoms with Crippen molar-refractivity contribution in [1.82, 2.24) is 14.8 Å². The molecule has 5 nitrogen and oxygen atoms in total. The number of nitrogens with one attached hydrogen (secondary N) is 1. The van der Waals surface area contributed by atoms with E-state index in [1.807, 2.05) is 6.92 Å².